The van der Waals surface area contributed by atoms with E-state index < -0.39 is 0 Å². The summed E-state index contributed by atoms with van der Waals surface area (Å²) in [4.78, 5) is 12.2. The van der Waals surface area contributed by atoms with E-state index in [-0.39, 0.29) is 5.91 Å². The largest absolute Gasteiger partial charge is 0.496 e. The molecule has 0 atom stereocenters. The predicted octanol–water partition coefficient (Wildman–Crippen LogP) is 6.19. The molecule has 0 saturated heterocycles. The zero-order chi connectivity index (χ0) is 20.1. The molecule has 4 nitrogen and oxygen atoms in total. The van der Waals surface area contributed by atoms with Crippen molar-refractivity contribution in [2.75, 3.05) is 13.7 Å². The maximum Gasteiger partial charge on any atom is 0.244 e. The van der Waals surface area contributed by atoms with Crippen LogP contribution in [0.1, 0.15) is 32.3 Å². The smallest absolute Gasteiger partial charge is 0.244 e. The highest BCUT2D eigenvalue weighted by Crippen LogP contribution is 2.37. The standard InChI is InChI=1S/C23H24BrNO3/c1-4-5-10-25-23(26)11-15(2)18-12-19-20(16-6-8-17(24)9-7-16)14-28-22(19)13-21(18)27-3/h6-9,11-14H,4-5,10H2,1-3H3,(H,25,26)/b15-11+. The summed E-state index contributed by atoms with van der Waals surface area (Å²) in [7, 11) is 1.62. The summed E-state index contributed by atoms with van der Waals surface area (Å²) in [6.45, 7) is 4.70. The summed E-state index contributed by atoms with van der Waals surface area (Å²) in [6, 6.07) is 12.0. The summed E-state index contributed by atoms with van der Waals surface area (Å²) < 4.78 is 12.3. The van der Waals surface area contributed by atoms with Crippen molar-refractivity contribution in [2.45, 2.75) is 26.7 Å². The van der Waals surface area contributed by atoms with Gasteiger partial charge in [-0.15, -0.1) is 0 Å². The molecule has 0 spiro atoms. The number of carbonyl (C=O) groups is 1. The number of fused-ring (bicyclic) bond motifs is 1. The average molecular weight is 442 g/mol. The Morgan fingerprint density at radius 2 is 2.00 bits per heavy atom. The fraction of sp³-hybridized carbons (Fsp3) is 0.261. The number of halogens is 1. The number of benzene rings is 2. The molecule has 28 heavy (non-hydrogen) atoms. The van der Waals surface area contributed by atoms with Gasteiger partial charge in [0.2, 0.25) is 5.91 Å². The number of nitrogens with one attached hydrogen (secondary N) is 1. The van der Waals surface area contributed by atoms with Crippen LogP contribution in [0.15, 0.2) is 57.6 Å². The highest BCUT2D eigenvalue weighted by Gasteiger charge is 2.15. The number of carbonyl (C=O) groups excluding carboxylic acids is 1. The minimum absolute atomic E-state index is 0.0894. The summed E-state index contributed by atoms with van der Waals surface area (Å²) in [5.41, 5.74) is 4.54. The van der Waals surface area contributed by atoms with Gasteiger partial charge in [0.15, 0.2) is 0 Å². The summed E-state index contributed by atoms with van der Waals surface area (Å²) in [5, 5.41) is 3.90. The van der Waals surface area contributed by atoms with Gasteiger partial charge in [-0.3, -0.25) is 4.79 Å². The zero-order valence-corrected chi connectivity index (χ0v) is 17.9. The van der Waals surface area contributed by atoms with Gasteiger partial charge in [-0.25, -0.2) is 0 Å². The van der Waals surface area contributed by atoms with Crippen LogP contribution in [0.3, 0.4) is 0 Å². The third-order valence-corrected chi connectivity index (χ3v) is 5.18. The molecule has 0 aliphatic carbocycles. The second kappa shape index (κ2) is 9.11. The summed E-state index contributed by atoms with van der Waals surface area (Å²) in [5.74, 6) is 0.591. The van der Waals surface area contributed by atoms with Crippen LogP contribution >= 0.6 is 15.9 Å². The first-order valence-electron chi connectivity index (χ1n) is 9.35. The molecule has 0 saturated carbocycles. The number of furan rings is 1. The third-order valence-electron chi connectivity index (χ3n) is 4.65. The van der Waals surface area contributed by atoms with Gasteiger partial charge in [0, 0.05) is 39.7 Å². The van der Waals surface area contributed by atoms with Crippen molar-refractivity contribution >= 4 is 38.4 Å². The van der Waals surface area contributed by atoms with Crippen LogP contribution < -0.4 is 10.1 Å². The van der Waals surface area contributed by atoms with Gasteiger partial charge >= 0.3 is 0 Å². The highest BCUT2D eigenvalue weighted by atomic mass is 79.9. The molecule has 5 heteroatoms. The Morgan fingerprint density at radius 3 is 2.68 bits per heavy atom. The van der Waals surface area contributed by atoms with Gasteiger partial charge in [-0.1, -0.05) is 41.4 Å². The minimum Gasteiger partial charge on any atom is -0.496 e. The summed E-state index contributed by atoms with van der Waals surface area (Å²) >= 11 is 3.47. The molecule has 0 bridgehead atoms. The SMILES string of the molecule is CCCCNC(=O)/C=C(\C)c1cc2c(-c3ccc(Br)cc3)coc2cc1OC. The lowest BCUT2D eigenvalue weighted by molar-refractivity contribution is -0.116. The van der Waals surface area contributed by atoms with Crippen LogP contribution in [0.5, 0.6) is 5.75 Å². The van der Waals surface area contributed by atoms with Gasteiger partial charge in [-0.05, 0) is 42.7 Å². The first-order chi connectivity index (χ1) is 13.5. The number of ether oxygens (including phenoxy) is 1. The van der Waals surface area contributed by atoms with Crippen molar-refractivity contribution in [3.05, 3.63) is 58.8 Å². The van der Waals surface area contributed by atoms with Gasteiger partial charge in [0.1, 0.15) is 11.3 Å². The Morgan fingerprint density at radius 1 is 1.25 bits per heavy atom. The number of allylic oxidation sites excluding steroid dienone is 1. The molecule has 0 radical (unpaired) electrons. The molecular weight excluding hydrogens is 418 g/mol. The maximum absolute atomic E-state index is 12.2. The van der Waals surface area contributed by atoms with E-state index >= 15 is 0 Å². The molecule has 1 aromatic heterocycles. The van der Waals surface area contributed by atoms with Gasteiger partial charge < -0.3 is 14.5 Å². The Balaban J connectivity index is 2.00. The third kappa shape index (κ3) is 4.47. The van der Waals surface area contributed by atoms with Crippen LogP contribution in [0.2, 0.25) is 0 Å². The number of unbranched alkanes of at least 4 members (excludes halogenated alkanes) is 1. The van der Waals surface area contributed by atoms with Crippen LogP contribution in [0.4, 0.5) is 0 Å². The average Bonchev–Trinajstić information content (AvgIpc) is 3.10. The number of hydrogen-bond donors (Lipinski definition) is 1. The van der Waals surface area contributed by atoms with Crippen molar-refractivity contribution in [1.29, 1.82) is 0 Å². The fourth-order valence-electron chi connectivity index (χ4n) is 3.10. The second-order valence-electron chi connectivity index (χ2n) is 6.68. The van der Waals surface area contributed by atoms with Crippen molar-refractivity contribution in [1.82, 2.24) is 5.32 Å². The number of rotatable bonds is 7. The molecule has 0 aliphatic rings. The quantitative estimate of drug-likeness (QED) is 0.351. The molecule has 1 N–H and O–H groups in total. The lowest BCUT2D eigenvalue weighted by Crippen LogP contribution is -2.22. The van der Waals surface area contributed by atoms with E-state index in [4.69, 9.17) is 9.15 Å². The Bertz CT molecular complexity index is 1000. The first kappa shape index (κ1) is 20.2. The van der Waals surface area contributed by atoms with E-state index in [1.165, 1.54) is 0 Å². The van der Waals surface area contributed by atoms with Gasteiger partial charge in [0.25, 0.3) is 0 Å². The monoisotopic (exact) mass is 441 g/mol. The van der Waals surface area contributed by atoms with Crippen molar-refractivity contribution in [3.63, 3.8) is 0 Å². The lowest BCUT2D eigenvalue weighted by Gasteiger charge is -2.10. The van der Waals surface area contributed by atoms with E-state index in [1.54, 1.807) is 19.4 Å². The number of hydrogen-bond acceptors (Lipinski definition) is 3. The van der Waals surface area contributed by atoms with E-state index in [0.717, 1.165) is 50.5 Å². The molecule has 146 valence electrons. The van der Waals surface area contributed by atoms with Gasteiger partial charge in [-0.2, -0.15) is 0 Å². The Hall–Kier alpha value is -2.53. The fourth-order valence-corrected chi connectivity index (χ4v) is 3.36. The van der Waals surface area contributed by atoms with Crippen LogP contribution in [0.25, 0.3) is 27.7 Å². The summed E-state index contributed by atoms with van der Waals surface area (Å²) in [6.07, 6.45) is 5.40. The van der Waals surface area contributed by atoms with Crippen LogP contribution in [0, 0.1) is 0 Å². The minimum atomic E-state index is -0.0894. The van der Waals surface area contributed by atoms with E-state index in [1.807, 2.05) is 43.3 Å². The van der Waals surface area contributed by atoms with E-state index in [9.17, 15) is 4.79 Å². The molecule has 1 amide bonds. The zero-order valence-electron chi connectivity index (χ0n) is 16.3. The van der Waals surface area contributed by atoms with Crippen molar-refractivity contribution < 1.29 is 13.9 Å². The molecule has 1 heterocycles. The molecule has 0 aliphatic heterocycles. The molecule has 2 aromatic carbocycles. The van der Waals surface area contributed by atoms with E-state index in [2.05, 4.69) is 28.2 Å². The molecule has 3 rings (SSSR count). The predicted molar refractivity (Wildman–Crippen MR) is 117 cm³/mol. The Labute approximate surface area is 173 Å². The second-order valence-corrected chi connectivity index (χ2v) is 7.59. The topological polar surface area (TPSA) is 51.5 Å². The number of methoxy groups -OCH3 is 1. The van der Waals surface area contributed by atoms with E-state index in [0.29, 0.717) is 12.3 Å². The normalized spacial score (nSPS) is 11.6. The van der Waals surface area contributed by atoms with Crippen LogP contribution in [-0.2, 0) is 4.79 Å². The first-order valence-corrected chi connectivity index (χ1v) is 10.1. The van der Waals surface area contributed by atoms with Crippen LogP contribution in [-0.4, -0.2) is 19.6 Å². The van der Waals surface area contributed by atoms with Crippen molar-refractivity contribution in [3.8, 4) is 16.9 Å². The Kier molecular flexibility index (Phi) is 6.57. The molecule has 0 unspecified atom stereocenters. The van der Waals surface area contributed by atoms with Gasteiger partial charge in [0.05, 0.1) is 13.4 Å². The molecule has 0 fully saturated rings. The molecule has 3 aromatic rings. The molecular formula is C23H24BrNO3. The maximum atomic E-state index is 12.2. The lowest BCUT2D eigenvalue weighted by atomic mass is 9.99. The highest BCUT2D eigenvalue weighted by molar-refractivity contribution is 9.10. The number of amides is 1. The van der Waals surface area contributed by atoms with Crippen molar-refractivity contribution in [2.24, 2.45) is 0 Å².